The Hall–Kier alpha value is -2.88. The number of aliphatic hydroxyl groups is 1. The molecule has 1 amide bonds. The minimum atomic E-state index is -0.903. The van der Waals surface area contributed by atoms with Gasteiger partial charge in [-0.3, -0.25) is 4.79 Å². The Balaban J connectivity index is 1.48. The van der Waals surface area contributed by atoms with Crippen molar-refractivity contribution in [2.45, 2.75) is 51.2 Å². The number of aliphatic hydroxyl groups excluding tert-OH is 1. The van der Waals surface area contributed by atoms with Crippen LogP contribution >= 0.6 is 11.3 Å². The number of carbonyl (C=O) groups is 2. The predicted molar refractivity (Wildman–Crippen MR) is 127 cm³/mol. The second-order valence-electron chi connectivity index (χ2n) is 8.09. The largest absolute Gasteiger partial charge is 0.477 e. The second-order valence-corrected chi connectivity index (χ2v) is 9.26. The number of carboxylic acid groups (broad SMARTS) is 1. The summed E-state index contributed by atoms with van der Waals surface area (Å²) in [5, 5.41) is 19.5. The number of aryl methyl sites for hydroxylation is 1. The van der Waals surface area contributed by atoms with Crippen molar-refractivity contribution in [1.29, 1.82) is 0 Å². The minimum absolute atomic E-state index is 0.00216. The first-order valence-corrected chi connectivity index (χ1v) is 11.8. The third-order valence-electron chi connectivity index (χ3n) is 5.61. The molecule has 2 aromatic rings. The molecule has 32 heavy (non-hydrogen) atoms. The molecule has 5 nitrogen and oxygen atoms in total. The van der Waals surface area contributed by atoms with Gasteiger partial charge in [0, 0.05) is 29.8 Å². The highest BCUT2D eigenvalue weighted by Gasteiger charge is 2.28. The molecule has 168 valence electrons. The van der Waals surface area contributed by atoms with Gasteiger partial charge in [-0.1, -0.05) is 49.1 Å². The number of hydrogen-bond acceptors (Lipinski definition) is 4. The number of carboxylic acids is 1. The summed E-state index contributed by atoms with van der Waals surface area (Å²) in [6.07, 6.45) is 6.53. The van der Waals surface area contributed by atoms with E-state index in [-0.39, 0.29) is 17.9 Å². The molecule has 1 aliphatic rings. The quantitative estimate of drug-likeness (QED) is 0.439. The number of rotatable bonds is 9. The Bertz CT molecular complexity index is 1000. The van der Waals surface area contributed by atoms with Gasteiger partial charge in [0.2, 0.25) is 5.91 Å². The van der Waals surface area contributed by atoms with Gasteiger partial charge in [0.15, 0.2) is 0 Å². The van der Waals surface area contributed by atoms with Crippen molar-refractivity contribution >= 4 is 23.2 Å². The van der Waals surface area contributed by atoms with Crippen LogP contribution in [0.2, 0.25) is 0 Å². The van der Waals surface area contributed by atoms with Gasteiger partial charge in [-0.15, -0.1) is 11.3 Å². The topological polar surface area (TPSA) is 77.8 Å². The summed E-state index contributed by atoms with van der Waals surface area (Å²) < 4.78 is 0. The van der Waals surface area contributed by atoms with E-state index in [4.69, 9.17) is 5.11 Å². The van der Waals surface area contributed by atoms with E-state index in [1.165, 1.54) is 11.3 Å². The third-order valence-corrected chi connectivity index (χ3v) is 6.75. The van der Waals surface area contributed by atoms with Gasteiger partial charge in [-0.25, -0.2) is 4.79 Å². The minimum Gasteiger partial charge on any atom is -0.477 e. The van der Waals surface area contributed by atoms with Crippen LogP contribution in [0.15, 0.2) is 54.6 Å². The molecular formula is C26H29NO4S. The summed E-state index contributed by atoms with van der Waals surface area (Å²) in [7, 11) is 0. The van der Waals surface area contributed by atoms with Crippen molar-refractivity contribution in [2.24, 2.45) is 5.92 Å². The summed E-state index contributed by atoms with van der Waals surface area (Å²) in [5.74, 6) is 5.47. The molecule has 3 atom stereocenters. The van der Waals surface area contributed by atoms with E-state index in [1.54, 1.807) is 12.1 Å². The molecule has 6 heteroatoms. The van der Waals surface area contributed by atoms with E-state index in [9.17, 15) is 14.7 Å². The van der Waals surface area contributed by atoms with Gasteiger partial charge in [0.25, 0.3) is 0 Å². The Morgan fingerprint density at radius 1 is 1.28 bits per heavy atom. The number of carbonyl (C=O) groups excluding carboxylic acids is 1. The monoisotopic (exact) mass is 451 g/mol. The Morgan fingerprint density at radius 3 is 2.78 bits per heavy atom. The van der Waals surface area contributed by atoms with E-state index in [1.807, 2.05) is 54.3 Å². The molecule has 1 aromatic carbocycles. The van der Waals surface area contributed by atoms with Gasteiger partial charge in [0.05, 0.1) is 12.1 Å². The summed E-state index contributed by atoms with van der Waals surface area (Å²) in [4.78, 5) is 26.5. The first-order chi connectivity index (χ1) is 15.4. The number of aromatic carboxylic acids is 1. The molecule has 0 saturated carbocycles. The van der Waals surface area contributed by atoms with Crippen LogP contribution in [-0.4, -0.2) is 45.7 Å². The molecule has 2 N–H and O–H groups in total. The smallest absolute Gasteiger partial charge is 0.345 e. The van der Waals surface area contributed by atoms with Crippen molar-refractivity contribution in [3.8, 4) is 11.8 Å². The van der Waals surface area contributed by atoms with Crippen molar-refractivity contribution in [1.82, 2.24) is 4.90 Å². The van der Waals surface area contributed by atoms with Crippen LogP contribution in [0.4, 0.5) is 0 Å². The van der Waals surface area contributed by atoms with E-state index in [0.29, 0.717) is 24.3 Å². The molecule has 1 aromatic heterocycles. The van der Waals surface area contributed by atoms with Crippen LogP contribution in [0.25, 0.3) is 0 Å². The fourth-order valence-corrected chi connectivity index (χ4v) is 4.57. The number of amides is 1. The lowest BCUT2D eigenvalue weighted by molar-refractivity contribution is -0.128. The zero-order valence-electron chi connectivity index (χ0n) is 18.2. The van der Waals surface area contributed by atoms with Gasteiger partial charge < -0.3 is 15.1 Å². The maximum Gasteiger partial charge on any atom is 0.345 e. The lowest BCUT2D eigenvalue weighted by atomic mass is 9.99. The number of likely N-dealkylation sites (tertiary alicyclic amines) is 1. The highest BCUT2D eigenvalue weighted by molar-refractivity contribution is 7.13. The summed E-state index contributed by atoms with van der Waals surface area (Å²) in [6, 6.07) is 13.2. The lowest BCUT2D eigenvalue weighted by Crippen LogP contribution is -2.33. The van der Waals surface area contributed by atoms with E-state index in [0.717, 1.165) is 29.7 Å². The highest BCUT2D eigenvalue weighted by atomic mass is 32.1. The summed E-state index contributed by atoms with van der Waals surface area (Å²) in [6.45, 7) is 2.60. The van der Waals surface area contributed by atoms with Gasteiger partial charge >= 0.3 is 5.97 Å². The maximum atomic E-state index is 12.3. The first-order valence-electron chi connectivity index (χ1n) is 11.0. The Labute approximate surface area is 193 Å². The van der Waals surface area contributed by atoms with Gasteiger partial charge in [-0.2, -0.15) is 0 Å². The molecular weight excluding hydrogens is 422 g/mol. The molecule has 0 radical (unpaired) electrons. The Kier molecular flexibility index (Phi) is 8.66. The molecule has 1 unspecified atom stereocenters. The van der Waals surface area contributed by atoms with Gasteiger partial charge in [0.1, 0.15) is 4.88 Å². The van der Waals surface area contributed by atoms with Crippen molar-refractivity contribution in [3.05, 3.63) is 69.9 Å². The van der Waals surface area contributed by atoms with E-state index in [2.05, 4.69) is 11.8 Å². The second kappa shape index (κ2) is 11.7. The molecule has 0 bridgehead atoms. The van der Waals surface area contributed by atoms with Gasteiger partial charge in [-0.05, 0) is 49.4 Å². The molecule has 0 aliphatic carbocycles. The number of nitrogens with zero attached hydrogens (tertiary/aromatic N) is 1. The Morgan fingerprint density at radius 2 is 2.06 bits per heavy atom. The van der Waals surface area contributed by atoms with Crippen LogP contribution in [0, 0.1) is 17.8 Å². The predicted octanol–water partition coefficient (Wildman–Crippen LogP) is 4.36. The zero-order chi connectivity index (χ0) is 22.9. The average Bonchev–Trinajstić information content (AvgIpc) is 3.40. The number of thiophene rings is 1. The van der Waals surface area contributed by atoms with Crippen molar-refractivity contribution in [3.63, 3.8) is 0 Å². The van der Waals surface area contributed by atoms with Crippen LogP contribution in [0.5, 0.6) is 0 Å². The van der Waals surface area contributed by atoms with Crippen LogP contribution < -0.4 is 0 Å². The van der Waals surface area contributed by atoms with Crippen LogP contribution in [0.1, 0.15) is 52.7 Å². The molecule has 0 spiro atoms. The fourth-order valence-electron chi connectivity index (χ4n) is 3.69. The van der Waals surface area contributed by atoms with E-state index < -0.39 is 12.1 Å². The summed E-state index contributed by atoms with van der Waals surface area (Å²) in [5.41, 5.74) is 0.964. The third kappa shape index (κ3) is 6.81. The normalized spacial score (nSPS) is 17.9. The maximum absolute atomic E-state index is 12.3. The first kappa shape index (κ1) is 23.8. The molecule has 2 heterocycles. The fraction of sp³-hybridized carbons (Fsp3) is 0.385. The van der Waals surface area contributed by atoms with Crippen molar-refractivity contribution < 1.29 is 19.8 Å². The number of benzene rings is 1. The lowest BCUT2D eigenvalue weighted by Gasteiger charge is -2.23. The van der Waals surface area contributed by atoms with Crippen LogP contribution in [-0.2, 0) is 11.2 Å². The SMILES string of the molecule is CC(CC#Cc1ccccc1)[C@H](O)C=C[C@H]1CCC(=O)N1CCCc1ccc(C(=O)O)s1. The standard InChI is InChI=1S/C26H29NO4S/c1-19(7-5-10-20-8-3-2-4-9-20)23(28)15-12-21-13-17-25(29)27(21)18-6-11-22-14-16-24(32-22)26(30)31/h2-4,8-9,12,14-16,19,21,23,28H,6-7,11,13,17-18H2,1H3,(H,30,31)/t19?,21-,23+/m0/s1. The average molecular weight is 452 g/mol. The van der Waals surface area contributed by atoms with Crippen molar-refractivity contribution in [2.75, 3.05) is 6.54 Å². The molecule has 1 fully saturated rings. The number of hydrogen-bond donors (Lipinski definition) is 2. The summed E-state index contributed by atoms with van der Waals surface area (Å²) >= 11 is 1.29. The molecule has 1 saturated heterocycles. The highest BCUT2D eigenvalue weighted by Crippen LogP contribution is 2.23. The zero-order valence-corrected chi connectivity index (χ0v) is 19.1. The molecule has 1 aliphatic heterocycles. The van der Waals surface area contributed by atoms with E-state index >= 15 is 0 Å². The molecule has 3 rings (SSSR count). The van der Waals surface area contributed by atoms with Crippen LogP contribution in [0.3, 0.4) is 0 Å².